The molecule has 1 unspecified atom stereocenters. The highest BCUT2D eigenvalue weighted by molar-refractivity contribution is 7.54. The van der Waals surface area contributed by atoms with Crippen LogP contribution in [0.3, 0.4) is 0 Å². The summed E-state index contributed by atoms with van der Waals surface area (Å²) in [6.07, 6.45) is 3.13. The number of hydrogen-bond acceptors (Lipinski definition) is 4. The van der Waals surface area contributed by atoms with Crippen LogP contribution < -0.4 is 5.32 Å². The third-order valence-electron chi connectivity index (χ3n) is 2.74. The molecule has 0 aromatic heterocycles. The van der Waals surface area contributed by atoms with E-state index in [1.165, 1.54) is 0 Å². The van der Waals surface area contributed by atoms with Crippen molar-refractivity contribution in [1.29, 1.82) is 0 Å². The molecule has 0 saturated heterocycles. The van der Waals surface area contributed by atoms with E-state index in [1.54, 1.807) is 6.21 Å². The zero-order valence-corrected chi connectivity index (χ0v) is 11.8. The third kappa shape index (κ3) is 4.00. The van der Waals surface area contributed by atoms with Crippen molar-refractivity contribution >= 4 is 32.3 Å². The molecule has 104 valence electrons. The minimum absolute atomic E-state index is 0.159. The van der Waals surface area contributed by atoms with Crippen molar-refractivity contribution < 1.29 is 14.4 Å². The molecule has 0 saturated carbocycles. The molecule has 0 aliphatic carbocycles. The van der Waals surface area contributed by atoms with Gasteiger partial charge in [0, 0.05) is 24.6 Å². The zero-order chi connectivity index (χ0) is 14.2. The maximum atomic E-state index is 11.8. The van der Waals surface area contributed by atoms with Crippen molar-refractivity contribution in [2.45, 2.75) is 12.8 Å². The molecule has 0 spiro atoms. The summed E-state index contributed by atoms with van der Waals surface area (Å²) in [5, 5.41) is 6.45. The fourth-order valence-electron chi connectivity index (χ4n) is 1.79. The average molecular weight is 290 g/mol. The van der Waals surface area contributed by atoms with E-state index < -0.39 is 0 Å². The molecule has 0 bridgehead atoms. The first-order chi connectivity index (χ1) is 9.81. The number of carbonyl (C=O) groups is 2. The van der Waals surface area contributed by atoms with Gasteiger partial charge in [0.05, 0.1) is 0 Å². The Morgan fingerprint density at radius 1 is 1.40 bits per heavy atom. The number of amides is 1. The molecule has 5 nitrogen and oxygen atoms in total. The van der Waals surface area contributed by atoms with Crippen molar-refractivity contribution in [2.75, 3.05) is 6.16 Å². The minimum Gasteiger partial charge on any atom is -0.339 e. The number of allylic oxidation sites excluding steroid dienone is 1. The minimum atomic E-state index is -0.167. The van der Waals surface area contributed by atoms with Gasteiger partial charge in [0.15, 0.2) is 0 Å². The van der Waals surface area contributed by atoms with Gasteiger partial charge in [-0.1, -0.05) is 44.1 Å². The van der Waals surface area contributed by atoms with E-state index in [2.05, 4.69) is 10.5 Å². The summed E-state index contributed by atoms with van der Waals surface area (Å²) in [5.74, 6) is 0.206. The first-order valence-corrected chi connectivity index (χ1v) is 7.54. The molecule has 1 amide bonds. The lowest BCUT2D eigenvalue weighted by Gasteiger charge is -2.16. The Bertz CT molecular complexity index is 541. The summed E-state index contributed by atoms with van der Waals surface area (Å²) in [6.45, 7) is 0. The van der Waals surface area contributed by atoms with Gasteiger partial charge in [-0.2, -0.15) is 0 Å². The lowest BCUT2D eigenvalue weighted by molar-refractivity contribution is -0.120. The van der Waals surface area contributed by atoms with Gasteiger partial charge in [0.2, 0.25) is 11.8 Å². The second-order valence-corrected chi connectivity index (χ2v) is 5.27. The molecule has 1 N–H and O–H groups in total. The summed E-state index contributed by atoms with van der Waals surface area (Å²) in [4.78, 5) is 27.2. The molecular formula is C14H15N2O3P. The van der Waals surface area contributed by atoms with Gasteiger partial charge in [-0.3, -0.25) is 14.9 Å². The van der Waals surface area contributed by atoms with Gasteiger partial charge < -0.3 is 4.84 Å². The Labute approximate surface area is 118 Å². The van der Waals surface area contributed by atoms with Crippen molar-refractivity contribution in [1.82, 2.24) is 5.32 Å². The Kier molecular flexibility index (Phi) is 5.44. The molecule has 1 aromatic rings. The van der Waals surface area contributed by atoms with Gasteiger partial charge >= 0.3 is 0 Å². The highest BCUT2D eigenvalue weighted by Gasteiger charge is 2.16. The molecule has 1 aliphatic heterocycles. The molecule has 1 atom stereocenters. The van der Waals surface area contributed by atoms with Crippen LogP contribution in [0.4, 0.5) is 0 Å². The van der Waals surface area contributed by atoms with Crippen molar-refractivity contribution in [3.05, 3.63) is 41.8 Å². The van der Waals surface area contributed by atoms with Crippen LogP contribution in [0.1, 0.15) is 18.4 Å². The second-order valence-electron chi connectivity index (χ2n) is 4.13. The fourth-order valence-corrected chi connectivity index (χ4v) is 2.28. The van der Waals surface area contributed by atoms with Crippen LogP contribution in [0, 0.1) is 0 Å². The second kappa shape index (κ2) is 7.56. The van der Waals surface area contributed by atoms with E-state index in [0.717, 1.165) is 17.2 Å². The normalized spacial score (nSPS) is 14.4. The number of nitrogens with zero attached hydrogens (tertiary/aromatic N) is 1. The molecule has 2 rings (SSSR count). The molecule has 1 aromatic carbocycles. The molecule has 20 heavy (non-hydrogen) atoms. The molecule has 1 heterocycles. The smallest absolute Gasteiger partial charge is 0.233 e. The molecule has 0 fully saturated rings. The van der Waals surface area contributed by atoms with E-state index in [1.807, 2.05) is 30.3 Å². The van der Waals surface area contributed by atoms with Crippen LogP contribution in [0.2, 0.25) is 0 Å². The Morgan fingerprint density at radius 3 is 2.95 bits per heavy atom. The van der Waals surface area contributed by atoms with Crippen LogP contribution in [0.15, 0.2) is 41.4 Å². The third-order valence-corrected chi connectivity index (χ3v) is 3.45. The standard InChI is InChI=1S/C14H15N2O3P/c17-10-20-9-7-13(18)16-14-12(6-8-15-19-14)11-4-2-1-3-5-11/h1-5,8,10,20H,6-7,9H2,(H,16,18). The topological polar surface area (TPSA) is 67.8 Å². The fraction of sp³-hybridized carbons (Fsp3) is 0.214. The predicted molar refractivity (Wildman–Crippen MR) is 80.2 cm³/mol. The lowest BCUT2D eigenvalue weighted by atomic mass is 10.0. The van der Waals surface area contributed by atoms with Gasteiger partial charge in [-0.05, 0) is 11.7 Å². The number of oxime groups is 1. The highest BCUT2D eigenvalue weighted by atomic mass is 31.1. The van der Waals surface area contributed by atoms with Crippen molar-refractivity contribution in [3.63, 3.8) is 0 Å². The van der Waals surface area contributed by atoms with E-state index in [-0.39, 0.29) is 14.5 Å². The Balaban J connectivity index is 2.07. The predicted octanol–water partition coefficient (Wildman–Crippen LogP) is 2.14. The van der Waals surface area contributed by atoms with Crippen LogP contribution in [-0.4, -0.2) is 24.3 Å². The monoisotopic (exact) mass is 290 g/mol. The molecule has 1 aliphatic rings. The summed E-state index contributed by atoms with van der Waals surface area (Å²) >= 11 is 0. The lowest BCUT2D eigenvalue weighted by Crippen LogP contribution is -2.26. The quantitative estimate of drug-likeness (QED) is 0.496. The maximum absolute atomic E-state index is 11.8. The largest absolute Gasteiger partial charge is 0.339 e. The average Bonchev–Trinajstić information content (AvgIpc) is 2.49. The van der Waals surface area contributed by atoms with Crippen LogP contribution in [0.5, 0.6) is 0 Å². The summed E-state index contributed by atoms with van der Waals surface area (Å²) in [6, 6.07) is 10.5. The summed E-state index contributed by atoms with van der Waals surface area (Å²) in [5.41, 5.74) is 1.88. The zero-order valence-electron chi connectivity index (χ0n) is 10.8. The van der Waals surface area contributed by atoms with Crippen molar-refractivity contribution in [2.24, 2.45) is 5.16 Å². The Morgan fingerprint density at radius 2 is 2.20 bits per heavy atom. The first kappa shape index (κ1) is 14.4. The summed E-state index contributed by atoms with van der Waals surface area (Å²) in [7, 11) is 0.159. The number of benzene rings is 1. The molecule has 6 heteroatoms. The number of carbonyl (C=O) groups excluding carboxylic acids is 2. The van der Waals surface area contributed by atoms with Gasteiger partial charge in [-0.25, -0.2) is 0 Å². The van der Waals surface area contributed by atoms with Gasteiger partial charge in [0.1, 0.15) is 6.03 Å². The van der Waals surface area contributed by atoms with Gasteiger partial charge in [-0.15, -0.1) is 0 Å². The number of nitrogens with one attached hydrogen (secondary N) is 1. The molecular weight excluding hydrogens is 275 g/mol. The SMILES string of the molecule is O=CPCCC(=O)NC1=C(c2ccccc2)CC=NO1. The van der Waals surface area contributed by atoms with Crippen LogP contribution in [-0.2, 0) is 14.4 Å². The Hall–Kier alpha value is -2.00. The highest BCUT2D eigenvalue weighted by Crippen LogP contribution is 2.23. The van der Waals surface area contributed by atoms with Crippen LogP contribution >= 0.6 is 8.58 Å². The maximum Gasteiger partial charge on any atom is 0.233 e. The molecule has 0 radical (unpaired) electrons. The van der Waals surface area contributed by atoms with E-state index in [9.17, 15) is 9.59 Å². The number of hydrogen-bond donors (Lipinski definition) is 1. The van der Waals surface area contributed by atoms with Gasteiger partial charge in [0.25, 0.3) is 0 Å². The van der Waals surface area contributed by atoms with E-state index in [0.29, 0.717) is 24.9 Å². The first-order valence-electron chi connectivity index (χ1n) is 6.25. The number of rotatable bonds is 6. The van der Waals surface area contributed by atoms with E-state index >= 15 is 0 Å². The summed E-state index contributed by atoms with van der Waals surface area (Å²) < 4.78 is 0. The van der Waals surface area contributed by atoms with E-state index in [4.69, 9.17) is 4.84 Å². The van der Waals surface area contributed by atoms with Crippen molar-refractivity contribution in [3.8, 4) is 0 Å². The van der Waals surface area contributed by atoms with Crippen LogP contribution in [0.25, 0.3) is 5.57 Å².